The molecule has 0 unspecified atom stereocenters. The molecule has 9 atom stereocenters. The highest BCUT2D eigenvalue weighted by Crippen LogP contribution is 2.60. The molecule has 54 heavy (non-hydrogen) atoms. The second kappa shape index (κ2) is 16.3. The molecule has 0 radical (unpaired) electrons. The molecule has 3 aliphatic rings. The number of aliphatic hydroxyl groups is 1. The maximum Gasteiger partial charge on any atom is 0.313 e. The first kappa shape index (κ1) is 38.9. The van der Waals surface area contributed by atoms with Crippen LogP contribution in [0.4, 0.5) is 5.69 Å². The van der Waals surface area contributed by atoms with Gasteiger partial charge in [0, 0.05) is 25.7 Å². The molecular formula is C44H53N3O7. The van der Waals surface area contributed by atoms with Gasteiger partial charge in [-0.1, -0.05) is 93.1 Å². The number of likely N-dealkylation sites (tertiary alicyclic amines) is 1. The van der Waals surface area contributed by atoms with Gasteiger partial charge in [-0.15, -0.1) is 13.2 Å². The summed E-state index contributed by atoms with van der Waals surface area (Å²) in [5.41, 5.74) is 0.0377. The van der Waals surface area contributed by atoms with Crippen molar-refractivity contribution in [3.05, 3.63) is 104 Å². The summed E-state index contributed by atoms with van der Waals surface area (Å²) < 4.78 is 13.2. The minimum Gasteiger partial charge on any atom is -0.455 e. The lowest BCUT2D eigenvalue weighted by Crippen LogP contribution is -2.60. The Morgan fingerprint density at radius 2 is 1.74 bits per heavy atom. The van der Waals surface area contributed by atoms with Gasteiger partial charge < -0.3 is 29.3 Å². The van der Waals surface area contributed by atoms with Crippen LogP contribution in [0.15, 0.2) is 98.1 Å². The number of esters is 1. The van der Waals surface area contributed by atoms with E-state index < -0.39 is 59.6 Å². The smallest absolute Gasteiger partial charge is 0.313 e. The second-order valence-corrected chi connectivity index (χ2v) is 15.0. The molecule has 0 aromatic heterocycles. The Morgan fingerprint density at radius 1 is 1.04 bits per heavy atom. The number of nitrogens with zero attached hydrogens (tertiary/aromatic N) is 3. The highest BCUT2D eigenvalue weighted by atomic mass is 16.6. The lowest BCUT2D eigenvalue weighted by molar-refractivity contribution is -0.165. The van der Waals surface area contributed by atoms with E-state index in [1.54, 1.807) is 29.0 Å². The molecule has 3 amide bonds. The fourth-order valence-corrected chi connectivity index (χ4v) is 8.88. The average Bonchev–Trinajstić information content (AvgIpc) is 3.85. The Kier molecular flexibility index (Phi) is 11.7. The Bertz CT molecular complexity index is 1880. The zero-order valence-corrected chi connectivity index (χ0v) is 31.8. The fourth-order valence-electron chi connectivity index (χ4n) is 8.88. The van der Waals surface area contributed by atoms with Crippen molar-refractivity contribution >= 4 is 40.2 Å². The Labute approximate surface area is 318 Å². The van der Waals surface area contributed by atoms with E-state index in [-0.39, 0.29) is 37.3 Å². The molecule has 3 aromatic rings. The van der Waals surface area contributed by atoms with Crippen LogP contribution in [0.3, 0.4) is 0 Å². The van der Waals surface area contributed by atoms with E-state index in [0.29, 0.717) is 36.9 Å². The number of allylic oxidation sites excluding steroid dienone is 1. The first-order chi connectivity index (χ1) is 26.0. The molecule has 3 fully saturated rings. The third kappa shape index (κ3) is 6.86. The monoisotopic (exact) mass is 735 g/mol. The number of ether oxygens (including phenoxy) is 2. The number of likely N-dealkylation sites (N-methyl/N-ethyl adjacent to an activating group) is 1. The lowest BCUT2D eigenvalue weighted by atomic mass is 9.70. The van der Waals surface area contributed by atoms with Crippen molar-refractivity contribution in [2.75, 3.05) is 25.1 Å². The van der Waals surface area contributed by atoms with E-state index in [0.717, 1.165) is 10.8 Å². The minimum absolute atomic E-state index is 0.111. The van der Waals surface area contributed by atoms with Gasteiger partial charge in [-0.3, -0.25) is 19.2 Å². The van der Waals surface area contributed by atoms with Crippen LogP contribution >= 0.6 is 0 Å². The summed E-state index contributed by atoms with van der Waals surface area (Å²) in [7, 11) is 1.69. The van der Waals surface area contributed by atoms with Crippen molar-refractivity contribution in [2.24, 2.45) is 17.8 Å². The fraction of sp³-hybridized carbons (Fsp3) is 0.455. The molecule has 6 rings (SSSR count). The van der Waals surface area contributed by atoms with E-state index in [1.807, 2.05) is 93.6 Å². The van der Waals surface area contributed by atoms with Gasteiger partial charge in [-0.25, -0.2) is 0 Å². The summed E-state index contributed by atoms with van der Waals surface area (Å²) in [5, 5.41) is 12.8. The van der Waals surface area contributed by atoms with Crippen molar-refractivity contribution in [1.82, 2.24) is 9.80 Å². The number of anilines is 1. The number of carbonyl (C=O) groups excluding carboxylic acids is 4. The van der Waals surface area contributed by atoms with Gasteiger partial charge in [0.05, 0.1) is 36.6 Å². The topological polar surface area (TPSA) is 117 Å². The zero-order valence-electron chi connectivity index (χ0n) is 31.8. The van der Waals surface area contributed by atoms with Crippen LogP contribution in [0, 0.1) is 17.8 Å². The Balaban J connectivity index is 1.38. The van der Waals surface area contributed by atoms with Crippen LogP contribution in [-0.2, 0) is 28.7 Å². The van der Waals surface area contributed by atoms with E-state index in [2.05, 4.69) is 13.2 Å². The number of carbonyl (C=O) groups is 4. The van der Waals surface area contributed by atoms with E-state index >= 15 is 4.79 Å². The predicted molar refractivity (Wildman–Crippen MR) is 208 cm³/mol. The van der Waals surface area contributed by atoms with Crippen LogP contribution in [0.5, 0.6) is 0 Å². The summed E-state index contributed by atoms with van der Waals surface area (Å²) >= 11 is 0. The standard InChI is InChI=1S/C44H53N3O7/c1-7-10-20-36(49)45(6)29(5)39(31-17-12-11-13-18-31)53-43(52)37-35-23-24-44(54-35)38(37)41(50)47(34(27-48)28(4)9-3)40(44)42(51)46(25-8-2)33-22-21-30-16-14-15-19-32(30)26-33/h7-8,11-19,21-22,26,28-29,34-35,37-40,48H,1-2,9-10,20,23-25,27H2,3-6H3/t28-,29+,34-,35-,37+,38+,39-,40-,44+/m0/s1. The maximum absolute atomic E-state index is 15.2. The molecular weight excluding hydrogens is 682 g/mol. The van der Waals surface area contributed by atoms with Crippen LogP contribution in [-0.4, -0.2) is 88.6 Å². The normalized spacial score (nSPS) is 25.1. The van der Waals surface area contributed by atoms with Crippen molar-refractivity contribution in [1.29, 1.82) is 0 Å². The number of benzene rings is 3. The summed E-state index contributed by atoms with van der Waals surface area (Å²) in [6.45, 7) is 13.3. The van der Waals surface area contributed by atoms with Gasteiger partial charge >= 0.3 is 5.97 Å². The lowest BCUT2D eigenvalue weighted by Gasteiger charge is -2.41. The largest absolute Gasteiger partial charge is 0.455 e. The quantitative estimate of drug-likeness (QED) is 0.137. The molecule has 286 valence electrons. The molecule has 1 N–H and O–H groups in total. The Morgan fingerprint density at radius 3 is 2.41 bits per heavy atom. The number of amides is 3. The minimum atomic E-state index is -1.31. The molecule has 1 spiro atoms. The van der Waals surface area contributed by atoms with E-state index in [4.69, 9.17) is 9.47 Å². The average molecular weight is 736 g/mol. The summed E-state index contributed by atoms with van der Waals surface area (Å²) in [6, 6.07) is 20.6. The predicted octanol–water partition coefficient (Wildman–Crippen LogP) is 6.24. The van der Waals surface area contributed by atoms with Crippen LogP contribution in [0.25, 0.3) is 10.8 Å². The molecule has 10 nitrogen and oxygen atoms in total. The van der Waals surface area contributed by atoms with Gasteiger partial charge in [0.15, 0.2) is 0 Å². The number of hydrogen-bond donors (Lipinski definition) is 1. The molecule has 0 aliphatic carbocycles. The number of rotatable bonds is 16. The third-order valence-electron chi connectivity index (χ3n) is 12.1. The highest BCUT2D eigenvalue weighted by molar-refractivity contribution is 6.05. The molecule has 10 heteroatoms. The van der Waals surface area contributed by atoms with Crippen molar-refractivity contribution in [3.63, 3.8) is 0 Å². The van der Waals surface area contributed by atoms with Crippen LogP contribution in [0.1, 0.15) is 64.5 Å². The number of hydrogen-bond acceptors (Lipinski definition) is 7. The summed E-state index contributed by atoms with van der Waals surface area (Å²) in [6.07, 6.45) is 4.15. The summed E-state index contributed by atoms with van der Waals surface area (Å²) in [5.74, 6) is -3.61. The zero-order chi connectivity index (χ0) is 38.7. The van der Waals surface area contributed by atoms with E-state index in [1.165, 1.54) is 4.90 Å². The van der Waals surface area contributed by atoms with Crippen molar-refractivity contribution in [2.45, 2.75) is 88.8 Å². The van der Waals surface area contributed by atoms with Gasteiger partial charge in [0.1, 0.15) is 17.7 Å². The van der Waals surface area contributed by atoms with Crippen LogP contribution < -0.4 is 4.90 Å². The molecule has 3 heterocycles. The number of fused-ring (bicyclic) bond motifs is 2. The molecule has 0 saturated carbocycles. The number of aliphatic hydroxyl groups excluding tert-OH is 1. The first-order valence-electron chi connectivity index (χ1n) is 19.2. The maximum atomic E-state index is 15.2. The highest BCUT2D eigenvalue weighted by Gasteiger charge is 2.76. The van der Waals surface area contributed by atoms with Gasteiger partial charge in [0.25, 0.3) is 5.91 Å². The van der Waals surface area contributed by atoms with Gasteiger partial charge in [-0.2, -0.15) is 0 Å². The Hall–Kier alpha value is -4.80. The second-order valence-electron chi connectivity index (χ2n) is 15.0. The first-order valence-corrected chi connectivity index (χ1v) is 19.2. The van der Waals surface area contributed by atoms with Gasteiger partial charge in [0.2, 0.25) is 11.8 Å². The van der Waals surface area contributed by atoms with E-state index in [9.17, 15) is 19.5 Å². The van der Waals surface area contributed by atoms with Crippen molar-refractivity contribution < 1.29 is 33.8 Å². The van der Waals surface area contributed by atoms with Gasteiger partial charge in [-0.05, 0) is 60.6 Å². The van der Waals surface area contributed by atoms with Crippen molar-refractivity contribution in [3.8, 4) is 0 Å². The molecule has 3 aliphatic heterocycles. The third-order valence-corrected chi connectivity index (χ3v) is 12.1. The summed E-state index contributed by atoms with van der Waals surface area (Å²) in [4.78, 5) is 62.6. The van der Waals surface area contributed by atoms with Crippen LogP contribution in [0.2, 0.25) is 0 Å². The molecule has 3 aromatic carbocycles. The molecule has 3 saturated heterocycles. The molecule has 2 bridgehead atoms. The SMILES string of the molecule is C=CCCC(=O)N(C)[C@H](C)[C@H](OC(=O)[C@@H]1[C@@H]2CC[C@]3(O2)[C@H](C(=O)N(CC=C)c2ccc4ccccc4c2)N([C@@H](CO)[C@@H](C)CC)C(=O)[C@@H]13)c1ccccc1.